The van der Waals surface area contributed by atoms with Crippen LogP contribution in [0.3, 0.4) is 0 Å². The van der Waals surface area contributed by atoms with Crippen molar-refractivity contribution in [3.8, 4) is 0 Å². The number of hydrogen-bond donors (Lipinski definition) is 2. The van der Waals surface area contributed by atoms with E-state index in [1.165, 1.54) is 64.2 Å². The van der Waals surface area contributed by atoms with E-state index < -0.39 is 0 Å². The predicted octanol–water partition coefficient (Wildman–Crippen LogP) is 1.23. The second-order valence-electron chi connectivity index (χ2n) is 6.42. The number of rotatable bonds is 6. The lowest BCUT2D eigenvalue weighted by atomic mass is 10.2. The molecule has 5 heteroatoms. The topological polar surface area (TPSA) is 47.2 Å². The van der Waals surface area contributed by atoms with Gasteiger partial charge in [-0.05, 0) is 19.4 Å². The molecule has 3 rings (SSSR count). The number of nitrogens with one attached hydrogen (secondary N) is 2. The summed E-state index contributed by atoms with van der Waals surface area (Å²) in [5.41, 5.74) is 1.28. The Bertz CT molecular complexity index is 416. The van der Waals surface area contributed by atoms with Crippen molar-refractivity contribution in [2.45, 2.75) is 45.2 Å². The summed E-state index contributed by atoms with van der Waals surface area (Å²) in [6.45, 7) is 10.4. The highest BCUT2D eigenvalue weighted by Gasteiger charge is 2.25. The van der Waals surface area contributed by atoms with E-state index in [1.54, 1.807) is 0 Å². The highest BCUT2D eigenvalue weighted by molar-refractivity contribution is 5.02. The summed E-state index contributed by atoms with van der Waals surface area (Å²) in [7, 11) is 0. The van der Waals surface area contributed by atoms with Crippen molar-refractivity contribution < 1.29 is 0 Å². The summed E-state index contributed by atoms with van der Waals surface area (Å²) in [5.74, 6) is 1.16. The normalized spacial score (nSPS) is 24.7. The van der Waals surface area contributed by atoms with E-state index >= 15 is 0 Å². The highest BCUT2D eigenvalue weighted by Crippen LogP contribution is 2.13. The lowest BCUT2D eigenvalue weighted by Crippen LogP contribution is -2.50. The first kappa shape index (κ1) is 15.0. The first-order valence-corrected chi connectivity index (χ1v) is 8.55. The second-order valence-corrected chi connectivity index (χ2v) is 6.42. The van der Waals surface area contributed by atoms with E-state index in [4.69, 9.17) is 0 Å². The molecule has 2 aliphatic rings. The molecule has 1 aromatic rings. The van der Waals surface area contributed by atoms with E-state index in [-0.39, 0.29) is 0 Å². The number of aromatic amines is 1. The minimum atomic E-state index is 0.778. The van der Waals surface area contributed by atoms with Gasteiger partial charge >= 0.3 is 0 Å². The van der Waals surface area contributed by atoms with Gasteiger partial charge in [0.05, 0.1) is 0 Å². The maximum atomic E-state index is 4.50. The molecule has 0 aromatic carbocycles. The molecule has 21 heavy (non-hydrogen) atoms. The van der Waals surface area contributed by atoms with Crippen LogP contribution in [0.5, 0.6) is 0 Å². The molecule has 3 heterocycles. The first-order valence-electron chi connectivity index (χ1n) is 8.55. The Morgan fingerprint density at radius 3 is 2.86 bits per heavy atom. The maximum absolute atomic E-state index is 4.50. The Balaban J connectivity index is 1.43. The summed E-state index contributed by atoms with van der Waals surface area (Å²) >= 11 is 0. The van der Waals surface area contributed by atoms with Crippen LogP contribution in [0, 0.1) is 0 Å². The average molecular weight is 291 g/mol. The van der Waals surface area contributed by atoms with Gasteiger partial charge in [0.2, 0.25) is 0 Å². The molecule has 0 radical (unpaired) electrons. The quantitative estimate of drug-likeness (QED) is 0.828. The molecule has 5 nitrogen and oxygen atoms in total. The molecular formula is C16H29N5. The van der Waals surface area contributed by atoms with Crippen LogP contribution in [0.4, 0.5) is 0 Å². The van der Waals surface area contributed by atoms with Crippen molar-refractivity contribution in [3.05, 3.63) is 17.7 Å². The summed E-state index contributed by atoms with van der Waals surface area (Å²) in [4.78, 5) is 13.2. The van der Waals surface area contributed by atoms with E-state index in [0.29, 0.717) is 0 Å². The SMILES string of the molecule is CCCCc1ncc(CN2CCN([C@H]3CCNC3)CC2)[nH]1. The van der Waals surface area contributed by atoms with Gasteiger partial charge in [-0.15, -0.1) is 0 Å². The van der Waals surface area contributed by atoms with Crippen LogP contribution in [-0.2, 0) is 13.0 Å². The summed E-state index contributed by atoms with van der Waals surface area (Å²) in [5, 5.41) is 3.47. The maximum Gasteiger partial charge on any atom is 0.106 e. The molecule has 118 valence electrons. The Morgan fingerprint density at radius 1 is 1.29 bits per heavy atom. The van der Waals surface area contributed by atoms with Crippen molar-refractivity contribution >= 4 is 0 Å². The zero-order valence-electron chi connectivity index (χ0n) is 13.3. The van der Waals surface area contributed by atoms with E-state index in [0.717, 1.165) is 24.8 Å². The predicted molar refractivity (Wildman–Crippen MR) is 85.3 cm³/mol. The molecule has 0 unspecified atom stereocenters. The van der Waals surface area contributed by atoms with Crippen LogP contribution < -0.4 is 5.32 Å². The molecule has 0 saturated carbocycles. The van der Waals surface area contributed by atoms with Gasteiger partial charge in [-0.1, -0.05) is 13.3 Å². The molecule has 2 N–H and O–H groups in total. The largest absolute Gasteiger partial charge is 0.345 e. The molecule has 0 aliphatic carbocycles. The summed E-state index contributed by atoms with van der Waals surface area (Å²) in [6, 6.07) is 0.778. The van der Waals surface area contributed by atoms with Gasteiger partial charge in [-0.2, -0.15) is 0 Å². The standard InChI is InChI=1S/C16H29N5/c1-2-3-4-16-18-11-14(19-16)13-20-7-9-21(10-8-20)15-5-6-17-12-15/h11,15,17H,2-10,12-13H2,1H3,(H,18,19)/t15-/m0/s1. The Hall–Kier alpha value is -0.910. The lowest BCUT2D eigenvalue weighted by Gasteiger charge is -2.37. The number of nitrogens with zero attached hydrogens (tertiary/aromatic N) is 3. The third-order valence-electron chi connectivity index (χ3n) is 4.80. The zero-order chi connectivity index (χ0) is 14.5. The molecular weight excluding hydrogens is 262 g/mol. The van der Waals surface area contributed by atoms with Crippen molar-refractivity contribution in [3.63, 3.8) is 0 Å². The number of aryl methyl sites for hydroxylation is 1. The zero-order valence-corrected chi connectivity index (χ0v) is 13.3. The Morgan fingerprint density at radius 2 is 2.14 bits per heavy atom. The van der Waals surface area contributed by atoms with Gasteiger partial charge in [0.15, 0.2) is 0 Å². The Labute approximate surface area is 128 Å². The third-order valence-corrected chi connectivity index (χ3v) is 4.80. The van der Waals surface area contributed by atoms with Crippen LogP contribution in [-0.4, -0.2) is 65.1 Å². The van der Waals surface area contributed by atoms with Crippen LogP contribution in [0.15, 0.2) is 6.20 Å². The van der Waals surface area contributed by atoms with Crippen molar-refractivity contribution in [1.82, 2.24) is 25.1 Å². The lowest BCUT2D eigenvalue weighted by molar-refractivity contribution is 0.0974. The summed E-state index contributed by atoms with van der Waals surface area (Å²) < 4.78 is 0. The number of aromatic nitrogens is 2. The van der Waals surface area contributed by atoms with Crippen molar-refractivity contribution in [1.29, 1.82) is 0 Å². The van der Waals surface area contributed by atoms with Crippen LogP contribution in [0.25, 0.3) is 0 Å². The van der Waals surface area contributed by atoms with Crippen LogP contribution in [0.1, 0.15) is 37.7 Å². The van der Waals surface area contributed by atoms with Gasteiger partial charge in [0, 0.05) is 63.6 Å². The van der Waals surface area contributed by atoms with Gasteiger partial charge in [-0.25, -0.2) is 4.98 Å². The van der Waals surface area contributed by atoms with Gasteiger partial charge in [0.25, 0.3) is 0 Å². The monoisotopic (exact) mass is 291 g/mol. The van der Waals surface area contributed by atoms with E-state index in [9.17, 15) is 0 Å². The minimum Gasteiger partial charge on any atom is -0.345 e. The summed E-state index contributed by atoms with van der Waals surface area (Å²) in [6.07, 6.45) is 6.88. The molecule has 0 spiro atoms. The smallest absolute Gasteiger partial charge is 0.106 e. The molecule has 2 saturated heterocycles. The van der Waals surface area contributed by atoms with E-state index in [1.807, 2.05) is 6.20 Å². The molecule has 0 bridgehead atoms. The average Bonchev–Trinajstić information content (AvgIpc) is 3.17. The number of unbranched alkanes of at least 4 members (excludes halogenated alkanes) is 1. The van der Waals surface area contributed by atoms with Crippen LogP contribution in [0.2, 0.25) is 0 Å². The number of hydrogen-bond acceptors (Lipinski definition) is 4. The molecule has 0 amide bonds. The first-order chi connectivity index (χ1) is 10.3. The fourth-order valence-electron chi connectivity index (χ4n) is 3.44. The molecule has 1 atom stereocenters. The fraction of sp³-hybridized carbons (Fsp3) is 0.812. The van der Waals surface area contributed by atoms with Crippen molar-refractivity contribution in [2.24, 2.45) is 0 Å². The highest BCUT2D eigenvalue weighted by atomic mass is 15.3. The second kappa shape index (κ2) is 7.38. The van der Waals surface area contributed by atoms with E-state index in [2.05, 4.69) is 32.0 Å². The molecule has 2 fully saturated rings. The van der Waals surface area contributed by atoms with Crippen molar-refractivity contribution in [2.75, 3.05) is 39.3 Å². The molecule has 1 aromatic heterocycles. The van der Waals surface area contributed by atoms with Gasteiger partial charge < -0.3 is 10.3 Å². The van der Waals surface area contributed by atoms with Gasteiger partial charge in [0.1, 0.15) is 5.82 Å². The number of piperazine rings is 1. The Kier molecular flexibility index (Phi) is 5.27. The molecule has 2 aliphatic heterocycles. The number of imidazole rings is 1. The van der Waals surface area contributed by atoms with Gasteiger partial charge in [-0.3, -0.25) is 9.80 Å². The minimum absolute atomic E-state index is 0.778. The van der Waals surface area contributed by atoms with Crippen LogP contribution >= 0.6 is 0 Å². The fourth-order valence-corrected chi connectivity index (χ4v) is 3.44. The third kappa shape index (κ3) is 4.05. The number of H-pyrrole nitrogens is 1.